The molecule has 0 N–H and O–H groups in total. The highest BCUT2D eigenvalue weighted by molar-refractivity contribution is 6.35. The molecule has 0 spiro atoms. The van der Waals surface area contributed by atoms with Gasteiger partial charge in [-0.25, -0.2) is 0 Å². The number of benzene rings is 1. The Balaban J connectivity index is 2.50. The van der Waals surface area contributed by atoms with Crippen molar-refractivity contribution < 1.29 is 28.6 Å². The molecule has 0 heterocycles. The first-order valence-electron chi connectivity index (χ1n) is 16.7. The van der Waals surface area contributed by atoms with Crippen LogP contribution in [0.2, 0.25) is 0 Å². The fraction of sp³-hybridized carbons (Fsp3) is 0.537. The van der Waals surface area contributed by atoms with Gasteiger partial charge in [0.05, 0.1) is 26.7 Å². The molecule has 256 valence electrons. The summed E-state index contributed by atoms with van der Waals surface area (Å²) in [5.74, 6) is -0.180. The van der Waals surface area contributed by atoms with Crippen molar-refractivity contribution in [3.63, 3.8) is 0 Å². The van der Waals surface area contributed by atoms with E-state index in [9.17, 15) is 4.79 Å². The van der Waals surface area contributed by atoms with Gasteiger partial charge in [0.15, 0.2) is 28.8 Å². The summed E-state index contributed by atoms with van der Waals surface area (Å²) in [5, 5.41) is 0. The molecule has 1 aromatic carbocycles. The van der Waals surface area contributed by atoms with Crippen molar-refractivity contribution in [1.29, 1.82) is 0 Å². The maximum Gasteiger partial charge on any atom is 0.200 e. The highest BCUT2D eigenvalue weighted by atomic mass is 16.5. The van der Waals surface area contributed by atoms with Gasteiger partial charge >= 0.3 is 0 Å². The molecule has 1 saturated carbocycles. The zero-order valence-corrected chi connectivity index (χ0v) is 30.6. The number of ketones is 3. The molecule has 1 fully saturated rings. The lowest BCUT2D eigenvalue weighted by molar-refractivity contribution is -0.173. The van der Waals surface area contributed by atoms with Crippen molar-refractivity contribution in [3.05, 3.63) is 82.7 Å². The average molecular weight is 645 g/mol. The first-order chi connectivity index (χ1) is 21.9. The SMILES string of the molecule is C=C(C)CC[C@H](C[C@]12C[C@@H](CC=C(C)C)C(C)(C)[C@](CC=C(C)C)(C(=O)C(C(=O)c3ccc(OC)c(OC)c3)=C1OC)C2=O)C(=C)C. The van der Waals surface area contributed by atoms with Crippen molar-refractivity contribution in [2.45, 2.75) is 93.9 Å². The molecule has 2 aliphatic rings. The quantitative estimate of drug-likeness (QED) is 0.0819. The Bertz CT molecular complexity index is 1530. The number of ether oxygens (including phenoxy) is 3. The number of carbonyl (C=O) groups is 3. The zero-order valence-electron chi connectivity index (χ0n) is 30.6. The van der Waals surface area contributed by atoms with Crippen molar-refractivity contribution >= 4 is 17.3 Å². The molecule has 0 unspecified atom stereocenters. The van der Waals surface area contributed by atoms with Crippen LogP contribution >= 0.6 is 0 Å². The molecule has 6 heteroatoms. The maximum absolute atomic E-state index is 15.6. The molecule has 0 aromatic heterocycles. The summed E-state index contributed by atoms with van der Waals surface area (Å²) in [4.78, 5) is 45.6. The lowest BCUT2D eigenvalue weighted by Gasteiger charge is -2.61. The number of hydrogen-bond donors (Lipinski definition) is 0. The molecule has 4 atom stereocenters. The third-order valence-corrected chi connectivity index (χ3v) is 10.7. The Kier molecular flexibility index (Phi) is 11.8. The third kappa shape index (κ3) is 6.84. The van der Waals surface area contributed by atoms with E-state index >= 15 is 9.59 Å². The monoisotopic (exact) mass is 644 g/mol. The van der Waals surface area contributed by atoms with Crippen LogP contribution in [0.15, 0.2) is 77.1 Å². The summed E-state index contributed by atoms with van der Waals surface area (Å²) in [6.07, 6.45) is 7.48. The van der Waals surface area contributed by atoms with Gasteiger partial charge < -0.3 is 14.2 Å². The van der Waals surface area contributed by atoms with E-state index in [1.165, 1.54) is 26.9 Å². The van der Waals surface area contributed by atoms with Gasteiger partial charge in [0, 0.05) is 5.56 Å². The minimum absolute atomic E-state index is 0.0422. The van der Waals surface area contributed by atoms with Crippen LogP contribution in [0.5, 0.6) is 11.5 Å². The standard InChI is InChI=1S/C41H56O6/c1-25(2)14-16-30(28(7)8)23-40-24-31(18-15-26(3)4)39(9,10)41(38(40)44,21-20-27(5)6)36(43)34(37(40)47-13)35(42)29-17-19-32(45-11)33(22-29)46-12/h15,17,19-20,22,30-31H,1,7,14,16,18,21,23-24H2,2-6,8-13H3/t30-,31-,40+,41-/m1/s1. The average Bonchev–Trinajstić information content (AvgIpc) is 3.00. The summed E-state index contributed by atoms with van der Waals surface area (Å²) in [7, 11) is 4.51. The van der Waals surface area contributed by atoms with E-state index in [1.54, 1.807) is 18.2 Å². The molecule has 0 amide bonds. The van der Waals surface area contributed by atoms with Crippen LogP contribution < -0.4 is 9.47 Å². The number of fused-ring (bicyclic) bond motifs is 2. The van der Waals surface area contributed by atoms with Crippen molar-refractivity contribution in [1.82, 2.24) is 0 Å². The molecule has 6 nitrogen and oxygen atoms in total. The van der Waals surface area contributed by atoms with Gasteiger partial charge in [-0.2, -0.15) is 0 Å². The topological polar surface area (TPSA) is 78.9 Å². The van der Waals surface area contributed by atoms with Crippen LogP contribution in [-0.2, 0) is 14.3 Å². The second-order valence-corrected chi connectivity index (χ2v) is 14.8. The number of carbonyl (C=O) groups excluding carboxylic acids is 3. The number of allylic oxidation sites excluding steroid dienone is 8. The molecule has 2 aliphatic carbocycles. The molecule has 1 aromatic rings. The summed E-state index contributed by atoms with van der Waals surface area (Å²) < 4.78 is 17.1. The highest BCUT2D eigenvalue weighted by Crippen LogP contribution is 2.67. The summed E-state index contributed by atoms with van der Waals surface area (Å²) in [6.45, 7) is 24.6. The fourth-order valence-corrected chi connectivity index (χ4v) is 7.79. The van der Waals surface area contributed by atoms with E-state index in [-0.39, 0.29) is 40.9 Å². The van der Waals surface area contributed by atoms with E-state index < -0.39 is 27.8 Å². The van der Waals surface area contributed by atoms with Gasteiger partial charge in [0.25, 0.3) is 0 Å². The van der Waals surface area contributed by atoms with Crippen LogP contribution in [0.1, 0.15) is 104 Å². The van der Waals surface area contributed by atoms with E-state index in [0.29, 0.717) is 30.8 Å². The van der Waals surface area contributed by atoms with Gasteiger partial charge in [-0.15, -0.1) is 6.58 Å². The first-order valence-corrected chi connectivity index (χ1v) is 16.7. The first kappa shape index (κ1) is 37.8. The van der Waals surface area contributed by atoms with Crippen LogP contribution in [0, 0.1) is 28.1 Å². The minimum Gasteiger partial charge on any atom is -0.499 e. The smallest absolute Gasteiger partial charge is 0.200 e. The molecule has 0 saturated heterocycles. The molecule has 0 aliphatic heterocycles. The Labute approximate surface area is 283 Å². The van der Waals surface area contributed by atoms with E-state index in [4.69, 9.17) is 14.2 Å². The molecule has 0 radical (unpaired) electrons. The lowest BCUT2D eigenvalue weighted by atomic mass is 9.39. The third-order valence-electron chi connectivity index (χ3n) is 10.7. The van der Waals surface area contributed by atoms with E-state index in [1.807, 2.05) is 47.6 Å². The molecular formula is C41H56O6. The maximum atomic E-state index is 15.6. The molecule has 47 heavy (non-hydrogen) atoms. The molecular weight excluding hydrogens is 588 g/mol. The van der Waals surface area contributed by atoms with Gasteiger partial charge in [0.2, 0.25) is 0 Å². The van der Waals surface area contributed by atoms with E-state index in [2.05, 4.69) is 33.1 Å². The van der Waals surface area contributed by atoms with Gasteiger partial charge in [-0.1, -0.05) is 54.9 Å². The zero-order chi connectivity index (χ0) is 35.5. The van der Waals surface area contributed by atoms with Crippen LogP contribution in [0.25, 0.3) is 0 Å². The minimum atomic E-state index is -1.49. The highest BCUT2D eigenvalue weighted by Gasteiger charge is 2.72. The summed E-state index contributed by atoms with van der Waals surface area (Å²) in [5.41, 5.74) is 0.922. The Morgan fingerprint density at radius 2 is 1.55 bits per heavy atom. The van der Waals surface area contributed by atoms with Gasteiger partial charge in [-0.05, 0) is 116 Å². The largest absolute Gasteiger partial charge is 0.499 e. The normalized spacial score (nSPS) is 23.9. The number of hydrogen-bond acceptors (Lipinski definition) is 6. The van der Waals surface area contributed by atoms with Crippen LogP contribution in [0.4, 0.5) is 0 Å². The van der Waals surface area contributed by atoms with Crippen molar-refractivity contribution in [3.8, 4) is 11.5 Å². The predicted molar refractivity (Wildman–Crippen MR) is 190 cm³/mol. The predicted octanol–water partition coefficient (Wildman–Crippen LogP) is 9.61. The second-order valence-electron chi connectivity index (χ2n) is 14.8. The van der Waals surface area contributed by atoms with Crippen molar-refractivity contribution in [2.75, 3.05) is 21.3 Å². The Morgan fingerprint density at radius 1 is 0.936 bits per heavy atom. The molecule has 3 rings (SSSR count). The fourth-order valence-electron chi connectivity index (χ4n) is 7.79. The lowest BCUT2D eigenvalue weighted by Crippen LogP contribution is -2.67. The Hall–Kier alpha value is -3.67. The summed E-state index contributed by atoms with van der Waals surface area (Å²) >= 11 is 0. The van der Waals surface area contributed by atoms with Crippen LogP contribution in [-0.4, -0.2) is 38.7 Å². The van der Waals surface area contributed by atoms with E-state index in [0.717, 1.165) is 29.6 Å². The second kappa shape index (κ2) is 14.6. The number of Topliss-reactive ketones (excluding diaryl/α,β-unsaturated/α-hetero) is 3. The number of methoxy groups -OCH3 is 3. The van der Waals surface area contributed by atoms with Crippen LogP contribution in [0.3, 0.4) is 0 Å². The van der Waals surface area contributed by atoms with Gasteiger partial charge in [0.1, 0.15) is 16.7 Å². The number of rotatable bonds is 15. The summed E-state index contributed by atoms with van der Waals surface area (Å²) in [6, 6.07) is 4.87. The van der Waals surface area contributed by atoms with Gasteiger partial charge in [-0.3, -0.25) is 14.4 Å². The molecule has 2 bridgehead atoms. The van der Waals surface area contributed by atoms with Crippen molar-refractivity contribution in [2.24, 2.45) is 28.1 Å². The Morgan fingerprint density at radius 3 is 2.06 bits per heavy atom.